The second kappa shape index (κ2) is 6.08. The summed E-state index contributed by atoms with van der Waals surface area (Å²) in [7, 11) is 2.09. The van der Waals surface area contributed by atoms with Crippen molar-refractivity contribution in [3.8, 4) is 0 Å². The Balaban J connectivity index is 2.35. The third-order valence-electron chi connectivity index (χ3n) is 3.09. The molecule has 0 aromatic heterocycles. The van der Waals surface area contributed by atoms with Crippen LogP contribution in [0, 0.1) is 0 Å². The molecule has 15 heavy (non-hydrogen) atoms. The average molecular weight is 214 g/mol. The summed E-state index contributed by atoms with van der Waals surface area (Å²) in [6.45, 7) is 6.53. The topological polar surface area (TPSA) is 43.8 Å². The van der Waals surface area contributed by atoms with Crippen molar-refractivity contribution in [1.29, 1.82) is 0 Å². The molecule has 88 valence electrons. The first kappa shape index (κ1) is 12.5. The highest BCUT2D eigenvalue weighted by Gasteiger charge is 2.23. The van der Waals surface area contributed by atoms with Gasteiger partial charge < -0.3 is 14.9 Å². The molecule has 0 amide bonds. The van der Waals surface area contributed by atoms with Crippen molar-refractivity contribution in [2.75, 3.05) is 33.2 Å². The van der Waals surface area contributed by atoms with Gasteiger partial charge in [-0.1, -0.05) is 6.92 Å². The third-order valence-corrected chi connectivity index (χ3v) is 3.09. The van der Waals surface area contributed by atoms with Gasteiger partial charge >= 0.3 is 5.97 Å². The van der Waals surface area contributed by atoms with E-state index < -0.39 is 5.97 Å². The molecule has 1 aliphatic rings. The second-order valence-corrected chi connectivity index (χ2v) is 4.37. The number of piperazine rings is 1. The Morgan fingerprint density at radius 2 is 2.20 bits per heavy atom. The number of rotatable bonds is 5. The molecule has 0 saturated carbocycles. The molecule has 1 fully saturated rings. The Kier molecular flexibility index (Phi) is 5.05. The van der Waals surface area contributed by atoms with Gasteiger partial charge in [-0.15, -0.1) is 0 Å². The van der Waals surface area contributed by atoms with Crippen molar-refractivity contribution >= 4 is 5.97 Å². The van der Waals surface area contributed by atoms with Gasteiger partial charge in [-0.25, -0.2) is 0 Å². The smallest absolute Gasteiger partial charge is 0.303 e. The summed E-state index contributed by atoms with van der Waals surface area (Å²) in [5.74, 6) is -0.684. The predicted molar refractivity (Wildman–Crippen MR) is 60.0 cm³/mol. The van der Waals surface area contributed by atoms with Crippen molar-refractivity contribution in [2.24, 2.45) is 0 Å². The van der Waals surface area contributed by atoms with Crippen molar-refractivity contribution in [1.82, 2.24) is 9.80 Å². The van der Waals surface area contributed by atoms with E-state index in [1.807, 2.05) is 0 Å². The second-order valence-electron chi connectivity index (χ2n) is 4.37. The number of likely N-dealkylation sites (N-methyl/N-ethyl adjacent to an activating group) is 1. The van der Waals surface area contributed by atoms with Crippen LogP contribution in [0.5, 0.6) is 0 Å². The van der Waals surface area contributed by atoms with Gasteiger partial charge in [0.25, 0.3) is 0 Å². The number of hydrogen-bond acceptors (Lipinski definition) is 3. The molecule has 1 unspecified atom stereocenters. The average Bonchev–Trinajstić information content (AvgIpc) is 2.19. The molecule has 0 aromatic carbocycles. The number of carboxylic acid groups (broad SMARTS) is 1. The van der Waals surface area contributed by atoms with E-state index in [1.54, 1.807) is 0 Å². The van der Waals surface area contributed by atoms with Crippen LogP contribution in [0.4, 0.5) is 0 Å². The highest BCUT2D eigenvalue weighted by Crippen LogP contribution is 2.12. The van der Waals surface area contributed by atoms with E-state index in [4.69, 9.17) is 5.11 Å². The van der Waals surface area contributed by atoms with Crippen LogP contribution in [0.15, 0.2) is 0 Å². The highest BCUT2D eigenvalue weighted by molar-refractivity contribution is 5.66. The Bertz CT molecular complexity index is 209. The molecular weight excluding hydrogens is 192 g/mol. The standard InChI is InChI=1S/C11H22N2O2/c1-3-6-13-8-7-12(2)10(9-13)4-5-11(14)15/h10H,3-9H2,1-2H3,(H,14,15). The lowest BCUT2D eigenvalue weighted by molar-refractivity contribution is -0.137. The molecule has 1 atom stereocenters. The molecule has 4 nitrogen and oxygen atoms in total. The van der Waals surface area contributed by atoms with Crippen LogP contribution in [-0.4, -0.2) is 60.1 Å². The first-order valence-corrected chi connectivity index (χ1v) is 5.78. The number of aliphatic carboxylic acids is 1. The normalized spacial score (nSPS) is 24.3. The Hall–Kier alpha value is -0.610. The van der Waals surface area contributed by atoms with Gasteiger partial charge in [0.15, 0.2) is 0 Å². The van der Waals surface area contributed by atoms with Crippen molar-refractivity contribution in [3.63, 3.8) is 0 Å². The van der Waals surface area contributed by atoms with Crippen molar-refractivity contribution in [2.45, 2.75) is 32.2 Å². The third kappa shape index (κ3) is 4.18. The first-order chi connectivity index (χ1) is 7.13. The van der Waals surface area contributed by atoms with Crippen LogP contribution in [0.3, 0.4) is 0 Å². The fourth-order valence-corrected chi connectivity index (χ4v) is 2.13. The summed E-state index contributed by atoms with van der Waals surface area (Å²) in [6, 6.07) is 0.418. The lowest BCUT2D eigenvalue weighted by Gasteiger charge is -2.39. The lowest BCUT2D eigenvalue weighted by atomic mass is 10.1. The highest BCUT2D eigenvalue weighted by atomic mass is 16.4. The molecule has 1 rings (SSSR count). The number of carbonyl (C=O) groups is 1. The fourth-order valence-electron chi connectivity index (χ4n) is 2.13. The van der Waals surface area contributed by atoms with Gasteiger partial charge in [0.05, 0.1) is 0 Å². The van der Waals surface area contributed by atoms with Crippen LogP contribution in [-0.2, 0) is 4.79 Å². The van der Waals surface area contributed by atoms with Crippen molar-refractivity contribution in [3.05, 3.63) is 0 Å². The zero-order valence-electron chi connectivity index (χ0n) is 9.78. The van der Waals surface area contributed by atoms with Crippen LogP contribution < -0.4 is 0 Å². The van der Waals surface area contributed by atoms with E-state index in [2.05, 4.69) is 23.8 Å². The summed E-state index contributed by atoms with van der Waals surface area (Å²) in [5.41, 5.74) is 0. The Morgan fingerprint density at radius 3 is 2.80 bits per heavy atom. The monoisotopic (exact) mass is 214 g/mol. The van der Waals surface area contributed by atoms with E-state index in [1.165, 1.54) is 6.42 Å². The minimum atomic E-state index is -0.684. The minimum absolute atomic E-state index is 0.287. The van der Waals surface area contributed by atoms with Gasteiger partial charge in [-0.3, -0.25) is 4.79 Å². The number of hydrogen-bond donors (Lipinski definition) is 1. The van der Waals surface area contributed by atoms with Gasteiger partial charge in [0.2, 0.25) is 0 Å². The molecule has 1 aliphatic heterocycles. The summed E-state index contributed by atoms with van der Waals surface area (Å²) < 4.78 is 0. The van der Waals surface area contributed by atoms with E-state index in [9.17, 15) is 4.79 Å². The van der Waals surface area contributed by atoms with Crippen LogP contribution in [0.25, 0.3) is 0 Å². The van der Waals surface area contributed by atoms with E-state index >= 15 is 0 Å². The Labute approximate surface area is 91.9 Å². The molecule has 0 aliphatic carbocycles. The van der Waals surface area contributed by atoms with E-state index in [0.29, 0.717) is 6.04 Å². The maximum absolute atomic E-state index is 10.5. The molecule has 1 heterocycles. The zero-order valence-corrected chi connectivity index (χ0v) is 9.78. The SMILES string of the molecule is CCCN1CCN(C)C(CCC(=O)O)C1. The van der Waals surface area contributed by atoms with Crippen LogP contribution in [0.1, 0.15) is 26.2 Å². The summed E-state index contributed by atoms with van der Waals surface area (Å²) in [6.07, 6.45) is 2.23. The largest absolute Gasteiger partial charge is 0.481 e. The predicted octanol–water partition coefficient (Wildman–Crippen LogP) is 0.877. The summed E-state index contributed by atoms with van der Waals surface area (Å²) >= 11 is 0. The molecule has 0 spiro atoms. The van der Waals surface area contributed by atoms with E-state index in [0.717, 1.165) is 32.6 Å². The zero-order chi connectivity index (χ0) is 11.3. The summed E-state index contributed by atoms with van der Waals surface area (Å²) in [4.78, 5) is 15.2. The minimum Gasteiger partial charge on any atom is -0.481 e. The quantitative estimate of drug-likeness (QED) is 0.738. The molecule has 0 bridgehead atoms. The molecular formula is C11H22N2O2. The number of nitrogens with zero attached hydrogens (tertiary/aromatic N) is 2. The number of carboxylic acids is 1. The first-order valence-electron chi connectivity index (χ1n) is 5.78. The maximum atomic E-state index is 10.5. The van der Waals surface area contributed by atoms with Crippen LogP contribution >= 0.6 is 0 Å². The van der Waals surface area contributed by atoms with Gasteiger partial charge in [0.1, 0.15) is 0 Å². The van der Waals surface area contributed by atoms with Gasteiger partial charge in [-0.05, 0) is 26.4 Å². The molecule has 1 N–H and O–H groups in total. The van der Waals surface area contributed by atoms with Gasteiger partial charge in [-0.2, -0.15) is 0 Å². The fraction of sp³-hybridized carbons (Fsp3) is 0.909. The lowest BCUT2D eigenvalue weighted by Crippen LogP contribution is -2.51. The molecule has 4 heteroatoms. The van der Waals surface area contributed by atoms with Gasteiger partial charge in [0, 0.05) is 32.1 Å². The molecule has 1 saturated heterocycles. The molecule has 0 radical (unpaired) electrons. The maximum Gasteiger partial charge on any atom is 0.303 e. The summed E-state index contributed by atoms with van der Waals surface area (Å²) in [5, 5.41) is 8.67. The van der Waals surface area contributed by atoms with E-state index in [-0.39, 0.29) is 6.42 Å². The Morgan fingerprint density at radius 1 is 1.47 bits per heavy atom. The van der Waals surface area contributed by atoms with Crippen molar-refractivity contribution < 1.29 is 9.90 Å². The molecule has 0 aromatic rings. The van der Waals surface area contributed by atoms with Crippen LogP contribution in [0.2, 0.25) is 0 Å².